The van der Waals surface area contributed by atoms with Gasteiger partial charge in [0.05, 0.1) is 17.8 Å². The zero-order valence-corrected chi connectivity index (χ0v) is 25.4. The first-order valence-corrected chi connectivity index (χ1v) is 13.9. The summed E-state index contributed by atoms with van der Waals surface area (Å²) >= 11 is 0. The van der Waals surface area contributed by atoms with Crippen LogP contribution in [-0.4, -0.2) is 81.9 Å². The fourth-order valence-electron chi connectivity index (χ4n) is 4.37. The number of hydrogen-bond donors (Lipinski definition) is 6. The highest BCUT2D eigenvalue weighted by molar-refractivity contribution is 6.05. The number of nitrogens with zero attached hydrogens (tertiary/aromatic N) is 6. The number of carbonyl (C=O) groups excluding carboxylic acids is 5. The van der Waals surface area contributed by atoms with Crippen LogP contribution >= 0.6 is 0 Å². The van der Waals surface area contributed by atoms with Crippen LogP contribution in [0.5, 0.6) is 0 Å². The molecular formula is C28H33N11O7. The van der Waals surface area contributed by atoms with Gasteiger partial charge in [-0.2, -0.15) is 0 Å². The number of aryl methyl sites for hydroxylation is 4. The van der Waals surface area contributed by atoms with Crippen molar-refractivity contribution in [3.63, 3.8) is 0 Å². The molecule has 0 atom stereocenters. The summed E-state index contributed by atoms with van der Waals surface area (Å²) in [5, 5.41) is 21.8. The third-order valence-electron chi connectivity index (χ3n) is 6.62. The summed E-state index contributed by atoms with van der Waals surface area (Å²) in [6, 6.07) is 2.93. The SMILES string of the molecule is Cn1cc(NC(=O)c2cc(NC(=O)CCNC(=O)c3nc(NC(=O)c4nccn4C)cn3C)cn2C)cc1C(=O)NCCC(=O)O. The molecule has 6 N–H and O–H groups in total. The molecule has 0 bridgehead atoms. The Balaban J connectivity index is 1.26. The maximum Gasteiger partial charge on any atom is 0.305 e. The molecule has 0 saturated carbocycles. The smallest absolute Gasteiger partial charge is 0.305 e. The molecule has 46 heavy (non-hydrogen) atoms. The van der Waals surface area contributed by atoms with Gasteiger partial charge in [0.1, 0.15) is 11.4 Å². The molecule has 0 spiro atoms. The molecule has 0 unspecified atom stereocenters. The topological polar surface area (TPSA) is 228 Å². The van der Waals surface area contributed by atoms with Gasteiger partial charge in [-0.05, 0) is 12.1 Å². The Morgan fingerprint density at radius 3 is 1.91 bits per heavy atom. The summed E-state index contributed by atoms with van der Waals surface area (Å²) in [4.78, 5) is 81.6. The van der Waals surface area contributed by atoms with E-state index in [0.717, 1.165) is 0 Å². The number of carbonyl (C=O) groups is 6. The van der Waals surface area contributed by atoms with Gasteiger partial charge in [0.25, 0.3) is 23.6 Å². The van der Waals surface area contributed by atoms with Crippen molar-refractivity contribution in [3.8, 4) is 0 Å². The van der Waals surface area contributed by atoms with Crippen LogP contribution in [0.4, 0.5) is 17.2 Å². The van der Waals surface area contributed by atoms with Crippen molar-refractivity contribution < 1.29 is 33.9 Å². The molecule has 18 heteroatoms. The van der Waals surface area contributed by atoms with Gasteiger partial charge in [0.2, 0.25) is 11.7 Å². The third kappa shape index (κ3) is 8.04. The third-order valence-corrected chi connectivity index (χ3v) is 6.62. The second-order valence-corrected chi connectivity index (χ2v) is 10.2. The van der Waals surface area contributed by atoms with Crippen molar-refractivity contribution in [3.05, 3.63) is 66.2 Å². The Morgan fingerprint density at radius 1 is 0.674 bits per heavy atom. The monoisotopic (exact) mass is 635 g/mol. The number of carboxylic acid groups (broad SMARTS) is 1. The average Bonchev–Trinajstić information content (AvgIpc) is 3.75. The van der Waals surface area contributed by atoms with Crippen molar-refractivity contribution in [1.29, 1.82) is 0 Å². The maximum absolute atomic E-state index is 12.9. The molecule has 0 aliphatic rings. The van der Waals surface area contributed by atoms with E-state index in [2.05, 4.69) is 36.6 Å². The summed E-state index contributed by atoms with van der Waals surface area (Å²) in [5.74, 6) is -3.10. The predicted molar refractivity (Wildman–Crippen MR) is 163 cm³/mol. The normalized spacial score (nSPS) is 10.7. The maximum atomic E-state index is 12.9. The Kier molecular flexibility index (Phi) is 10.00. The number of imidazole rings is 2. The highest BCUT2D eigenvalue weighted by Gasteiger charge is 2.19. The van der Waals surface area contributed by atoms with Gasteiger partial charge in [0.15, 0.2) is 11.6 Å². The number of carboxylic acids is 1. The van der Waals surface area contributed by atoms with Crippen molar-refractivity contribution >= 4 is 52.7 Å². The Bertz CT molecular complexity index is 1810. The molecular weight excluding hydrogens is 602 g/mol. The van der Waals surface area contributed by atoms with Crippen molar-refractivity contribution in [2.45, 2.75) is 12.8 Å². The van der Waals surface area contributed by atoms with Crippen molar-refractivity contribution in [2.75, 3.05) is 29.0 Å². The van der Waals surface area contributed by atoms with Crippen LogP contribution in [0.1, 0.15) is 55.1 Å². The van der Waals surface area contributed by atoms with Crippen molar-refractivity contribution in [1.82, 2.24) is 38.9 Å². The zero-order chi connectivity index (χ0) is 33.5. The largest absolute Gasteiger partial charge is 0.481 e. The second-order valence-electron chi connectivity index (χ2n) is 10.2. The molecule has 0 aliphatic carbocycles. The van der Waals surface area contributed by atoms with Crippen LogP contribution in [0.3, 0.4) is 0 Å². The minimum Gasteiger partial charge on any atom is -0.481 e. The van der Waals surface area contributed by atoms with Gasteiger partial charge in [-0.15, -0.1) is 0 Å². The van der Waals surface area contributed by atoms with Crippen molar-refractivity contribution in [2.24, 2.45) is 28.2 Å². The molecule has 4 heterocycles. The quantitative estimate of drug-likeness (QED) is 0.119. The second kappa shape index (κ2) is 14.1. The van der Waals surface area contributed by atoms with E-state index in [-0.39, 0.29) is 54.8 Å². The van der Waals surface area contributed by atoms with Crippen LogP contribution < -0.4 is 26.6 Å². The Labute approximate surface area is 261 Å². The van der Waals surface area contributed by atoms with E-state index in [1.54, 1.807) is 45.2 Å². The molecule has 4 aromatic heterocycles. The van der Waals surface area contributed by atoms with E-state index < -0.39 is 35.5 Å². The van der Waals surface area contributed by atoms with E-state index in [4.69, 9.17) is 5.11 Å². The lowest BCUT2D eigenvalue weighted by Gasteiger charge is -2.05. The predicted octanol–water partition coefficient (Wildman–Crippen LogP) is 0.298. The average molecular weight is 636 g/mol. The van der Waals surface area contributed by atoms with Gasteiger partial charge in [-0.1, -0.05) is 0 Å². The fourth-order valence-corrected chi connectivity index (χ4v) is 4.37. The lowest BCUT2D eigenvalue weighted by atomic mass is 10.3. The lowest BCUT2D eigenvalue weighted by molar-refractivity contribution is -0.136. The van der Waals surface area contributed by atoms with Crippen LogP contribution in [0.25, 0.3) is 0 Å². The standard InChI is InChI=1S/C28H33N11O7/c1-36-10-9-29-23(36)28(46)35-20-15-39(4)24(34-20)27(45)31-7-5-21(40)32-16-11-19(38(3)13-16)26(44)33-17-12-18(37(2)14-17)25(43)30-8-6-22(41)42/h9-15H,5-8H2,1-4H3,(H,30,43)(H,31,45)(H,32,40)(H,33,44)(H,35,46)(H,41,42). The van der Waals surface area contributed by atoms with Crippen LogP contribution in [-0.2, 0) is 37.8 Å². The Morgan fingerprint density at radius 2 is 1.28 bits per heavy atom. The molecule has 0 aliphatic heterocycles. The first kappa shape index (κ1) is 32.7. The summed E-state index contributed by atoms with van der Waals surface area (Å²) in [7, 11) is 6.49. The summed E-state index contributed by atoms with van der Waals surface area (Å²) in [6.45, 7) is -0.0439. The molecule has 0 radical (unpaired) electrons. The van der Waals surface area contributed by atoms with Gasteiger partial charge < -0.3 is 50.0 Å². The van der Waals surface area contributed by atoms with Gasteiger partial charge in [0, 0.05) is 78.7 Å². The number of hydrogen-bond acceptors (Lipinski definition) is 8. The van der Waals surface area contributed by atoms with E-state index in [0.29, 0.717) is 11.4 Å². The summed E-state index contributed by atoms with van der Waals surface area (Å²) in [6.07, 6.45) is 7.37. The van der Waals surface area contributed by atoms with Crippen LogP contribution in [0.15, 0.2) is 43.1 Å². The number of anilines is 3. The highest BCUT2D eigenvalue weighted by Crippen LogP contribution is 2.18. The molecule has 0 aromatic carbocycles. The number of nitrogens with one attached hydrogen (secondary N) is 5. The molecule has 242 valence electrons. The first-order valence-electron chi connectivity index (χ1n) is 13.9. The number of rotatable bonds is 13. The summed E-state index contributed by atoms with van der Waals surface area (Å²) < 4.78 is 5.99. The summed E-state index contributed by atoms with van der Waals surface area (Å²) in [5.41, 5.74) is 1.14. The minimum absolute atomic E-state index is 0.00705. The van der Waals surface area contributed by atoms with Gasteiger partial charge >= 0.3 is 5.97 Å². The van der Waals surface area contributed by atoms with E-state index in [9.17, 15) is 28.8 Å². The van der Waals surface area contributed by atoms with Gasteiger partial charge in [-0.25, -0.2) is 9.97 Å². The first-order chi connectivity index (χ1) is 21.8. The highest BCUT2D eigenvalue weighted by atomic mass is 16.4. The van der Waals surface area contributed by atoms with Crippen LogP contribution in [0.2, 0.25) is 0 Å². The van der Waals surface area contributed by atoms with E-state index in [1.807, 2.05) is 0 Å². The minimum atomic E-state index is -1.04. The van der Waals surface area contributed by atoms with E-state index >= 15 is 0 Å². The van der Waals surface area contributed by atoms with E-state index in [1.165, 1.54) is 44.4 Å². The number of aromatic nitrogens is 6. The Hall–Kier alpha value is -6.20. The molecule has 5 amide bonds. The number of aliphatic carboxylic acids is 1. The molecule has 0 fully saturated rings. The molecule has 0 saturated heterocycles. The lowest BCUT2D eigenvalue weighted by Crippen LogP contribution is -2.29. The molecule has 4 rings (SSSR count). The zero-order valence-electron chi connectivity index (χ0n) is 25.4. The van der Waals surface area contributed by atoms with Gasteiger partial charge in [-0.3, -0.25) is 28.8 Å². The molecule has 18 nitrogen and oxygen atoms in total. The number of amides is 5. The fraction of sp³-hybridized carbons (Fsp3) is 0.286. The molecule has 4 aromatic rings. The van der Waals surface area contributed by atoms with Crippen LogP contribution in [0, 0.1) is 0 Å².